The van der Waals surface area contributed by atoms with Gasteiger partial charge in [-0.25, -0.2) is 19.0 Å². The van der Waals surface area contributed by atoms with Crippen molar-refractivity contribution in [1.29, 1.82) is 0 Å². The fourth-order valence-corrected chi connectivity index (χ4v) is 5.24. The monoisotopic (exact) mass is 539 g/mol. The van der Waals surface area contributed by atoms with Crippen LogP contribution in [0.4, 0.5) is 4.39 Å². The van der Waals surface area contributed by atoms with Crippen molar-refractivity contribution >= 4 is 49.7 Å². The molecule has 0 aliphatic heterocycles. The first-order chi connectivity index (χ1) is 16.8. The highest BCUT2D eigenvalue weighted by Gasteiger charge is 2.32. The number of benzene rings is 1. The van der Waals surface area contributed by atoms with Crippen LogP contribution in [0.25, 0.3) is 27.6 Å². The number of halogens is 2. The van der Waals surface area contributed by atoms with Crippen LogP contribution in [0.3, 0.4) is 0 Å². The Labute approximate surface area is 208 Å². The maximum absolute atomic E-state index is 14.7. The molecule has 35 heavy (non-hydrogen) atoms. The Morgan fingerprint density at radius 2 is 2.11 bits per heavy atom. The van der Waals surface area contributed by atoms with Gasteiger partial charge in [-0.05, 0) is 53.2 Å². The second-order valence-corrected chi connectivity index (χ2v) is 9.72. The molecule has 180 valence electrons. The Morgan fingerprint density at radius 1 is 1.29 bits per heavy atom. The number of hydrogen-bond acceptors (Lipinski definition) is 6. The minimum Gasteiger partial charge on any atom is -0.368 e. The Hall–Kier alpha value is -3.47. The lowest BCUT2D eigenvalue weighted by molar-refractivity contribution is -0.137. The van der Waals surface area contributed by atoms with Gasteiger partial charge in [-0.15, -0.1) is 0 Å². The largest absolute Gasteiger partial charge is 0.368 e. The summed E-state index contributed by atoms with van der Waals surface area (Å²) in [6.07, 6.45) is 6.20. The zero-order valence-electron chi connectivity index (χ0n) is 19.0. The van der Waals surface area contributed by atoms with Crippen molar-refractivity contribution in [3.05, 3.63) is 52.9 Å². The van der Waals surface area contributed by atoms with Crippen LogP contribution in [0.2, 0.25) is 0 Å². The van der Waals surface area contributed by atoms with Crippen LogP contribution < -0.4 is 5.73 Å². The maximum atomic E-state index is 14.7. The van der Waals surface area contributed by atoms with Gasteiger partial charge in [-0.3, -0.25) is 14.6 Å². The molecule has 11 heteroatoms. The van der Waals surface area contributed by atoms with E-state index in [1.165, 1.54) is 11.0 Å². The number of primary amides is 1. The molecule has 4 aromatic rings. The summed E-state index contributed by atoms with van der Waals surface area (Å²) in [5.41, 5.74) is 6.61. The van der Waals surface area contributed by atoms with Gasteiger partial charge in [-0.2, -0.15) is 5.10 Å². The predicted octanol–water partition coefficient (Wildman–Crippen LogP) is 3.17. The van der Waals surface area contributed by atoms with Crippen LogP contribution >= 0.6 is 15.9 Å². The van der Waals surface area contributed by atoms with Crippen LogP contribution in [0.1, 0.15) is 25.1 Å². The predicted molar refractivity (Wildman–Crippen MR) is 131 cm³/mol. The number of nitrogens with zero attached hydrogens (tertiary/aromatic N) is 6. The second-order valence-electron chi connectivity index (χ2n) is 8.97. The highest BCUT2D eigenvalue weighted by Crippen LogP contribution is 2.34. The third-order valence-corrected chi connectivity index (χ3v) is 7.03. The minimum atomic E-state index is -0.526. The summed E-state index contributed by atoms with van der Waals surface area (Å²) in [6.45, 7) is -0.0793. The van der Waals surface area contributed by atoms with E-state index < -0.39 is 11.7 Å². The highest BCUT2D eigenvalue weighted by atomic mass is 79.9. The molecule has 1 fully saturated rings. The SMILES string of the molecule is CN(CC(N)=O)C(=O)[C@@H]1CC[C@@H](Cc2ncc3c(Br)nn(-c4cc(F)c5ncccc5c4)c3n2)C1. The molecule has 1 saturated carbocycles. The Balaban J connectivity index is 1.39. The molecule has 1 aliphatic rings. The Morgan fingerprint density at radius 3 is 2.91 bits per heavy atom. The molecular weight excluding hydrogens is 517 g/mol. The van der Waals surface area contributed by atoms with Gasteiger partial charge in [0.05, 0.1) is 17.6 Å². The quantitative estimate of drug-likeness (QED) is 0.401. The Kier molecular flexibility index (Phi) is 6.18. The summed E-state index contributed by atoms with van der Waals surface area (Å²) >= 11 is 3.46. The van der Waals surface area contributed by atoms with E-state index in [1.807, 2.05) is 6.07 Å². The molecular formula is C24H23BrFN7O2. The molecule has 3 aromatic heterocycles. The van der Waals surface area contributed by atoms with E-state index in [0.29, 0.717) is 50.9 Å². The van der Waals surface area contributed by atoms with Gasteiger partial charge >= 0.3 is 0 Å². The van der Waals surface area contributed by atoms with E-state index in [2.05, 4.69) is 31.0 Å². The van der Waals surface area contributed by atoms with Gasteiger partial charge in [0, 0.05) is 43.2 Å². The minimum absolute atomic E-state index is 0.0579. The molecule has 1 aliphatic carbocycles. The van der Waals surface area contributed by atoms with Crippen molar-refractivity contribution in [3.8, 4) is 5.69 Å². The zero-order valence-corrected chi connectivity index (χ0v) is 20.6. The average molecular weight is 540 g/mol. The van der Waals surface area contributed by atoms with E-state index in [-0.39, 0.29) is 24.3 Å². The average Bonchev–Trinajstić information content (AvgIpc) is 3.42. The number of carbonyl (C=O) groups excluding carboxylic acids is 2. The lowest BCUT2D eigenvalue weighted by atomic mass is 10.0. The molecule has 0 bridgehead atoms. The van der Waals surface area contributed by atoms with Crippen molar-refractivity contribution in [2.24, 2.45) is 17.6 Å². The molecule has 2 amide bonds. The third-order valence-electron chi connectivity index (χ3n) is 6.45. The van der Waals surface area contributed by atoms with E-state index in [4.69, 9.17) is 10.7 Å². The van der Waals surface area contributed by atoms with Crippen molar-refractivity contribution < 1.29 is 14.0 Å². The van der Waals surface area contributed by atoms with Crippen LogP contribution in [0.5, 0.6) is 0 Å². The lowest BCUT2D eigenvalue weighted by Gasteiger charge is -2.19. The van der Waals surface area contributed by atoms with Crippen molar-refractivity contribution in [1.82, 2.24) is 29.6 Å². The zero-order chi connectivity index (χ0) is 24.7. The first-order valence-corrected chi connectivity index (χ1v) is 12.1. The number of amides is 2. The summed E-state index contributed by atoms with van der Waals surface area (Å²) in [6, 6.07) is 6.77. The number of fused-ring (bicyclic) bond motifs is 2. The first kappa shape index (κ1) is 23.3. The smallest absolute Gasteiger partial charge is 0.237 e. The molecule has 5 rings (SSSR count). The lowest BCUT2D eigenvalue weighted by Crippen LogP contribution is -2.38. The molecule has 3 heterocycles. The summed E-state index contributed by atoms with van der Waals surface area (Å²) in [5.74, 6) is -0.276. The van der Waals surface area contributed by atoms with Crippen LogP contribution in [0.15, 0.2) is 41.3 Å². The van der Waals surface area contributed by atoms with Crippen LogP contribution in [-0.2, 0) is 16.0 Å². The molecule has 0 spiro atoms. The summed E-state index contributed by atoms with van der Waals surface area (Å²) in [7, 11) is 1.60. The van der Waals surface area contributed by atoms with Gasteiger partial charge in [-0.1, -0.05) is 6.07 Å². The standard InChI is InChI=1S/C24H23BrFN7O2/c1-32(12-19(27)34)24(35)15-5-4-13(7-15)8-20-29-11-17-22(25)31-33(23(17)30-20)16-9-14-3-2-6-28-21(14)18(26)10-16/h2-3,6,9-11,13,15H,4-5,7-8,12H2,1H3,(H2,27,34)/t13-,15-/m1/s1. The van der Waals surface area contributed by atoms with E-state index in [9.17, 15) is 14.0 Å². The Bertz CT molecular complexity index is 1460. The van der Waals surface area contributed by atoms with Gasteiger partial charge in [0.1, 0.15) is 15.9 Å². The van der Waals surface area contributed by atoms with Gasteiger partial charge in [0.15, 0.2) is 11.5 Å². The molecule has 0 radical (unpaired) electrons. The van der Waals surface area contributed by atoms with Crippen LogP contribution in [0, 0.1) is 17.7 Å². The first-order valence-electron chi connectivity index (χ1n) is 11.3. The van der Waals surface area contributed by atoms with Crippen molar-refractivity contribution in [3.63, 3.8) is 0 Å². The third kappa shape index (κ3) is 4.60. The number of rotatable bonds is 6. The number of hydrogen-bond donors (Lipinski definition) is 1. The van der Waals surface area contributed by atoms with Gasteiger partial charge in [0.25, 0.3) is 0 Å². The number of pyridine rings is 1. The molecule has 2 atom stereocenters. The molecule has 1 aromatic carbocycles. The molecule has 0 unspecified atom stereocenters. The maximum Gasteiger partial charge on any atom is 0.237 e. The van der Waals surface area contributed by atoms with Crippen molar-refractivity contribution in [2.45, 2.75) is 25.7 Å². The number of carbonyl (C=O) groups is 2. The number of aromatic nitrogens is 5. The van der Waals surface area contributed by atoms with Gasteiger partial charge in [0.2, 0.25) is 11.8 Å². The van der Waals surface area contributed by atoms with E-state index in [0.717, 1.165) is 12.8 Å². The van der Waals surface area contributed by atoms with Gasteiger partial charge < -0.3 is 10.6 Å². The number of nitrogens with two attached hydrogens (primary N) is 1. The summed E-state index contributed by atoms with van der Waals surface area (Å²) in [4.78, 5) is 38.5. The highest BCUT2D eigenvalue weighted by molar-refractivity contribution is 9.10. The fraction of sp³-hybridized carbons (Fsp3) is 0.333. The summed E-state index contributed by atoms with van der Waals surface area (Å²) in [5, 5.41) is 5.90. The van der Waals surface area contributed by atoms with Crippen molar-refractivity contribution in [2.75, 3.05) is 13.6 Å². The molecule has 9 nitrogen and oxygen atoms in total. The normalized spacial score (nSPS) is 17.8. The number of likely N-dealkylation sites (N-methyl/N-ethyl adjacent to an activating group) is 1. The molecule has 0 saturated heterocycles. The summed E-state index contributed by atoms with van der Waals surface area (Å²) < 4.78 is 16.9. The van der Waals surface area contributed by atoms with Crippen LogP contribution in [-0.4, -0.2) is 55.0 Å². The second kappa shape index (κ2) is 9.29. The van der Waals surface area contributed by atoms with E-state index >= 15 is 0 Å². The topological polar surface area (TPSA) is 120 Å². The fourth-order valence-electron chi connectivity index (χ4n) is 4.80. The molecule has 2 N–H and O–H groups in total. The van der Waals surface area contributed by atoms with E-state index in [1.54, 1.807) is 36.3 Å².